The van der Waals surface area contributed by atoms with Crippen LogP contribution in [0.1, 0.15) is 25.3 Å². The van der Waals surface area contributed by atoms with Crippen molar-refractivity contribution in [1.82, 2.24) is 4.90 Å². The number of fused-ring (bicyclic) bond motifs is 2. The molecule has 3 heterocycles. The maximum Gasteiger partial charge on any atom is 0.347 e. The summed E-state index contributed by atoms with van der Waals surface area (Å²) in [6.45, 7) is 7.83. The fraction of sp³-hybridized carbons (Fsp3) is 0.421. The number of carbonyl (C=O) groups is 1. The first-order chi connectivity index (χ1) is 11.0. The molecular formula is C19H23NO3. The van der Waals surface area contributed by atoms with Gasteiger partial charge in [0.1, 0.15) is 6.61 Å². The minimum atomic E-state index is -1.80. The van der Waals surface area contributed by atoms with Crippen molar-refractivity contribution in [1.29, 1.82) is 0 Å². The molecule has 23 heavy (non-hydrogen) atoms. The number of hydrogen-bond donors (Lipinski definition) is 1. The van der Waals surface area contributed by atoms with Gasteiger partial charge in [-0.25, -0.2) is 4.79 Å². The van der Waals surface area contributed by atoms with Crippen LogP contribution in [0.2, 0.25) is 0 Å². The molecule has 0 radical (unpaired) electrons. The second kappa shape index (κ2) is 6.20. The third kappa shape index (κ3) is 2.91. The van der Waals surface area contributed by atoms with Gasteiger partial charge in [0.2, 0.25) is 5.60 Å². The quantitative estimate of drug-likeness (QED) is 0.670. The summed E-state index contributed by atoms with van der Waals surface area (Å²) < 4.78 is 5.47. The summed E-state index contributed by atoms with van der Waals surface area (Å²) in [4.78, 5) is 14.9. The van der Waals surface area contributed by atoms with E-state index in [0.29, 0.717) is 17.1 Å². The molecule has 1 aromatic rings. The lowest BCUT2D eigenvalue weighted by atomic mass is 9.86. The van der Waals surface area contributed by atoms with Gasteiger partial charge >= 0.3 is 5.97 Å². The molecule has 1 saturated heterocycles. The van der Waals surface area contributed by atoms with E-state index in [1.165, 1.54) is 0 Å². The first kappa shape index (κ1) is 15.8. The third-order valence-electron chi connectivity index (χ3n) is 4.88. The van der Waals surface area contributed by atoms with E-state index in [9.17, 15) is 9.90 Å². The number of ether oxygens (including phenoxy) is 1. The number of carbonyl (C=O) groups excluding carboxylic acids is 1. The van der Waals surface area contributed by atoms with E-state index in [-0.39, 0.29) is 6.61 Å². The van der Waals surface area contributed by atoms with Gasteiger partial charge in [-0.2, -0.15) is 0 Å². The Morgan fingerprint density at radius 2 is 2.00 bits per heavy atom. The van der Waals surface area contributed by atoms with Gasteiger partial charge < -0.3 is 14.7 Å². The van der Waals surface area contributed by atoms with Crippen LogP contribution in [-0.4, -0.2) is 35.7 Å². The fourth-order valence-corrected chi connectivity index (χ4v) is 3.37. The predicted octanol–water partition coefficient (Wildman–Crippen LogP) is 2.60. The second-order valence-corrected chi connectivity index (χ2v) is 6.45. The van der Waals surface area contributed by atoms with Gasteiger partial charge in [0, 0.05) is 19.3 Å². The number of esters is 1. The van der Waals surface area contributed by atoms with Crippen LogP contribution in [0.15, 0.2) is 54.3 Å². The van der Waals surface area contributed by atoms with Crippen LogP contribution in [0.4, 0.5) is 0 Å². The Balaban J connectivity index is 1.74. The van der Waals surface area contributed by atoms with Crippen molar-refractivity contribution in [3.8, 4) is 0 Å². The standard InChI is InChI=1S/C19H23NO3/c1-14(2)19(22,17-6-4-3-5-7-17)18(21)23-13-16-12-20-10-8-15(16)9-11-20/h3-7,12,15,22H,1,8-11,13H2,2H3. The van der Waals surface area contributed by atoms with Crippen molar-refractivity contribution in [3.05, 3.63) is 59.8 Å². The second-order valence-electron chi connectivity index (χ2n) is 6.45. The van der Waals surface area contributed by atoms with Crippen molar-refractivity contribution in [3.63, 3.8) is 0 Å². The molecule has 0 saturated carbocycles. The van der Waals surface area contributed by atoms with Gasteiger partial charge in [-0.3, -0.25) is 0 Å². The minimum absolute atomic E-state index is 0.239. The first-order valence-electron chi connectivity index (χ1n) is 8.07. The van der Waals surface area contributed by atoms with Crippen molar-refractivity contribution in [2.75, 3.05) is 19.7 Å². The Morgan fingerprint density at radius 3 is 2.52 bits per heavy atom. The molecule has 4 nitrogen and oxygen atoms in total. The molecular weight excluding hydrogens is 290 g/mol. The molecule has 3 aliphatic heterocycles. The number of piperidine rings is 1. The molecule has 1 N–H and O–H groups in total. The van der Waals surface area contributed by atoms with Crippen LogP contribution in [0.25, 0.3) is 0 Å². The first-order valence-corrected chi connectivity index (χ1v) is 8.07. The van der Waals surface area contributed by atoms with Crippen LogP contribution in [0, 0.1) is 5.92 Å². The SMILES string of the molecule is C=C(C)C(O)(C(=O)OCC1=CN2CCC1CC2)c1ccccc1. The number of benzene rings is 1. The molecule has 0 aliphatic carbocycles. The lowest BCUT2D eigenvalue weighted by Gasteiger charge is -2.39. The number of hydrogen-bond acceptors (Lipinski definition) is 4. The third-order valence-corrected chi connectivity index (χ3v) is 4.88. The van der Waals surface area contributed by atoms with Crippen molar-refractivity contribution in [2.24, 2.45) is 5.92 Å². The van der Waals surface area contributed by atoms with E-state index in [4.69, 9.17) is 4.74 Å². The smallest absolute Gasteiger partial charge is 0.347 e. The van der Waals surface area contributed by atoms with Crippen LogP contribution in [-0.2, 0) is 15.1 Å². The molecule has 4 rings (SSSR count). The molecule has 3 aliphatic rings. The summed E-state index contributed by atoms with van der Waals surface area (Å²) in [6, 6.07) is 8.83. The highest BCUT2D eigenvalue weighted by atomic mass is 16.5. The molecule has 1 fully saturated rings. The van der Waals surface area contributed by atoms with Crippen molar-refractivity contribution >= 4 is 5.97 Å². The monoisotopic (exact) mass is 313 g/mol. The highest BCUT2D eigenvalue weighted by molar-refractivity contribution is 5.84. The predicted molar refractivity (Wildman–Crippen MR) is 88.5 cm³/mol. The zero-order valence-electron chi connectivity index (χ0n) is 13.5. The zero-order valence-corrected chi connectivity index (χ0v) is 13.5. The average Bonchev–Trinajstić information content (AvgIpc) is 2.60. The molecule has 4 heteroatoms. The molecule has 0 aromatic heterocycles. The Hall–Kier alpha value is -2.07. The Morgan fingerprint density at radius 1 is 1.35 bits per heavy atom. The summed E-state index contributed by atoms with van der Waals surface area (Å²) in [5.41, 5.74) is 0.195. The molecule has 1 aromatic carbocycles. The maximum atomic E-state index is 12.6. The summed E-state index contributed by atoms with van der Waals surface area (Å²) >= 11 is 0. The lowest BCUT2D eigenvalue weighted by Crippen LogP contribution is -2.40. The van der Waals surface area contributed by atoms with Crippen LogP contribution >= 0.6 is 0 Å². The van der Waals surface area contributed by atoms with E-state index in [0.717, 1.165) is 31.5 Å². The lowest BCUT2D eigenvalue weighted by molar-refractivity contribution is -0.161. The zero-order chi connectivity index (χ0) is 16.4. The van der Waals surface area contributed by atoms with E-state index < -0.39 is 11.6 Å². The summed E-state index contributed by atoms with van der Waals surface area (Å²) in [5, 5.41) is 10.9. The number of rotatable bonds is 5. The highest BCUT2D eigenvalue weighted by Crippen LogP contribution is 2.33. The van der Waals surface area contributed by atoms with Crippen LogP contribution < -0.4 is 0 Å². The molecule has 122 valence electrons. The van der Waals surface area contributed by atoms with Gasteiger partial charge in [-0.05, 0) is 42.4 Å². The van der Waals surface area contributed by atoms with Gasteiger partial charge in [-0.15, -0.1) is 0 Å². The molecule has 1 unspecified atom stereocenters. The van der Waals surface area contributed by atoms with E-state index in [1.807, 2.05) is 6.07 Å². The molecule has 1 atom stereocenters. The van der Waals surface area contributed by atoms with Crippen LogP contribution in [0.5, 0.6) is 0 Å². The van der Waals surface area contributed by atoms with Crippen LogP contribution in [0.3, 0.4) is 0 Å². The van der Waals surface area contributed by atoms with E-state index in [1.54, 1.807) is 31.2 Å². The normalized spacial score (nSPS) is 19.9. The molecule has 2 bridgehead atoms. The Labute approximate surface area is 137 Å². The summed E-state index contributed by atoms with van der Waals surface area (Å²) in [7, 11) is 0. The van der Waals surface area contributed by atoms with Crippen molar-refractivity contribution in [2.45, 2.75) is 25.4 Å². The summed E-state index contributed by atoms with van der Waals surface area (Å²) in [6.07, 6.45) is 4.34. The fourth-order valence-electron chi connectivity index (χ4n) is 3.37. The maximum absolute atomic E-state index is 12.6. The largest absolute Gasteiger partial charge is 0.458 e. The molecule has 0 amide bonds. The molecule has 0 spiro atoms. The van der Waals surface area contributed by atoms with E-state index >= 15 is 0 Å². The van der Waals surface area contributed by atoms with E-state index in [2.05, 4.69) is 17.7 Å². The number of aliphatic hydroxyl groups is 1. The Kier molecular flexibility index (Phi) is 4.26. The Bertz CT molecular complexity index is 629. The number of nitrogens with zero attached hydrogens (tertiary/aromatic N) is 1. The average molecular weight is 313 g/mol. The topological polar surface area (TPSA) is 49.8 Å². The summed E-state index contributed by atoms with van der Waals surface area (Å²) in [5.74, 6) is -0.156. The van der Waals surface area contributed by atoms with Gasteiger partial charge in [-0.1, -0.05) is 36.9 Å². The minimum Gasteiger partial charge on any atom is -0.458 e. The van der Waals surface area contributed by atoms with Crippen molar-refractivity contribution < 1.29 is 14.6 Å². The van der Waals surface area contributed by atoms with Gasteiger partial charge in [0.15, 0.2) is 0 Å². The van der Waals surface area contributed by atoms with Gasteiger partial charge in [0.25, 0.3) is 0 Å². The highest BCUT2D eigenvalue weighted by Gasteiger charge is 2.41. The van der Waals surface area contributed by atoms with Gasteiger partial charge in [0.05, 0.1) is 0 Å².